The van der Waals surface area contributed by atoms with E-state index in [0.29, 0.717) is 0 Å². The second kappa shape index (κ2) is 1.34. The molecule has 0 unspecified atom stereocenters. The Hall–Kier alpha value is -0.850. The highest BCUT2D eigenvalue weighted by molar-refractivity contribution is 5.72. The number of carbonyl (C=O) groups is 1. The molecule has 0 aromatic carbocycles. The second-order valence-corrected chi connectivity index (χ2v) is 1.61. The van der Waals surface area contributed by atoms with Gasteiger partial charge in [-0.05, 0) is 23.6 Å². The van der Waals surface area contributed by atoms with Crippen LogP contribution in [0, 0.1) is 0 Å². The number of hydrogen-bond acceptors (Lipinski definition) is 1. The van der Waals surface area contributed by atoms with Gasteiger partial charge in [-0.3, -0.25) is 4.79 Å². The zero-order valence-electron chi connectivity index (χ0n) is 3.98. The van der Waals surface area contributed by atoms with Crippen LogP contribution in [0.2, 0.25) is 0 Å². The average Bonchev–Trinajstić information content (AvgIpc) is 2.22. The molecule has 0 spiro atoms. The molecule has 0 aromatic rings. The van der Waals surface area contributed by atoms with Crippen molar-refractivity contribution in [3.05, 3.63) is 23.8 Å². The third kappa shape index (κ3) is 0.769. The summed E-state index contributed by atoms with van der Waals surface area (Å²) in [5, 5.41) is 0. The fourth-order valence-corrected chi connectivity index (χ4v) is 0.445. The Morgan fingerprint density at radius 3 is 2.43 bits per heavy atom. The topological polar surface area (TPSA) is 17.1 Å². The zero-order chi connectivity index (χ0) is 5.28. The molecule has 1 fully saturated rings. The highest BCUT2D eigenvalue weighted by Gasteiger charge is 2.15. The molecule has 0 amide bonds. The summed E-state index contributed by atoms with van der Waals surface area (Å²) in [5.41, 5.74) is 2.21. The quantitative estimate of drug-likeness (QED) is 0.351. The van der Waals surface area contributed by atoms with Crippen molar-refractivity contribution in [3.8, 4) is 0 Å². The Balaban J connectivity index is 2.60. The highest BCUT2D eigenvalue weighted by Crippen LogP contribution is 2.33. The molecular formula is C6H6O. The lowest BCUT2D eigenvalue weighted by Gasteiger charge is -1.56. The van der Waals surface area contributed by atoms with E-state index in [1.807, 2.05) is 0 Å². The van der Waals surface area contributed by atoms with Crippen molar-refractivity contribution in [2.75, 3.05) is 0 Å². The van der Waals surface area contributed by atoms with Crippen LogP contribution >= 0.6 is 0 Å². The zero-order valence-corrected chi connectivity index (χ0v) is 3.98. The van der Waals surface area contributed by atoms with Gasteiger partial charge in [0.25, 0.3) is 0 Å². The van der Waals surface area contributed by atoms with Crippen molar-refractivity contribution < 1.29 is 4.79 Å². The molecule has 1 nitrogen and oxygen atoms in total. The fourth-order valence-electron chi connectivity index (χ4n) is 0.445. The van der Waals surface area contributed by atoms with Crippen molar-refractivity contribution in [2.45, 2.75) is 6.42 Å². The largest absolute Gasteiger partial charge is 0.299 e. The van der Waals surface area contributed by atoms with Gasteiger partial charge in [0.1, 0.15) is 6.29 Å². The molecule has 36 valence electrons. The Morgan fingerprint density at radius 1 is 1.71 bits per heavy atom. The lowest BCUT2D eigenvalue weighted by molar-refractivity contribution is -0.104. The highest BCUT2D eigenvalue weighted by atomic mass is 16.1. The van der Waals surface area contributed by atoms with Crippen molar-refractivity contribution >= 4 is 6.29 Å². The Bertz CT molecular complexity index is 142. The summed E-state index contributed by atoms with van der Waals surface area (Å²) in [6.07, 6.45) is 3.30. The summed E-state index contributed by atoms with van der Waals surface area (Å²) < 4.78 is 0. The van der Waals surface area contributed by atoms with E-state index in [-0.39, 0.29) is 0 Å². The van der Waals surface area contributed by atoms with Crippen molar-refractivity contribution in [1.82, 2.24) is 0 Å². The van der Waals surface area contributed by atoms with Crippen LogP contribution in [0.15, 0.2) is 23.8 Å². The minimum atomic E-state index is 0.799. The maximum atomic E-state index is 9.68. The summed E-state index contributed by atoms with van der Waals surface area (Å²) in [6, 6.07) is 0. The molecular weight excluding hydrogens is 88.1 g/mol. The maximum Gasteiger partial charge on any atom is 0.143 e. The molecule has 0 aliphatic heterocycles. The predicted molar refractivity (Wildman–Crippen MR) is 27.9 cm³/mol. The Kier molecular flexibility index (Phi) is 0.823. The van der Waals surface area contributed by atoms with Gasteiger partial charge < -0.3 is 0 Å². The number of aldehydes is 1. The lowest BCUT2D eigenvalue weighted by atomic mass is 10.5. The molecule has 0 saturated heterocycles. The minimum absolute atomic E-state index is 0.799. The lowest BCUT2D eigenvalue weighted by Crippen LogP contribution is -1.53. The predicted octanol–water partition coefficient (Wildman–Crippen LogP) is 1.07. The third-order valence-corrected chi connectivity index (χ3v) is 1.00. The smallest absolute Gasteiger partial charge is 0.143 e. The van der Waals surface area contributed by atoms with Crippen molar-refractivity contribution in [1.29, 1.82) is 0 Å². The van der Waals surface area contributed by atoms with Gasteiger partial charge in [-0.25, -0.2) is 0 Å². The first-order valence-electron chi connectivity index (χ1n) is 2.17. The molecule has 0 heterocycles. The molecule has 0 radical (unpaired) electrons. The van der Waals surface area contributed by atoms with E-state index in [2.05, 4.69) is 6.58 Å². The third-order valence-electron chi connectivity index (χ3n) is 1.00. The molecule has 0 aromatic heterocycles. The van der Waals surface area contributed by atoms with Gasteiger partial charge in [0.15, 0.2) is 0 Å². The standard InChI is InChI=1S/C6H6O/c1-5-4-6(5)2-3-7/h2-3H,1,4H2. The van der Waals surface area contributed by atoms with E-state index >= 15 is 0 Å². The van der Waals surface area contributed by atoms with Crippen LogP contribution in [0.5, 0.6) is 0 Å². The molecule has 0 atom stereocenters. The number of rotatable bonds is 1. The summed E-state index contributed by atoms with van der Waals surface area (Å²) in [4.78, 5) is 9.68. The van der Waals surface area contributed by atoms with Gasteiger partial charge in [0.2, 0.25) is 0 Å². The van der Waals surface area contributed by atoms with E-state index in [0.717, 1.165) is 23.9 Å². The number of carbonyl (C=O) groups excluding carboxylic acids is 1. The van der Waals surface area contributed by atoms with E-state index in [1.165, 1.54) is 0 Å². The number of hydrogen-bond donors (Lipinski definition) is 0. The molecule has 0 bridgehead atoms. The summed E-state index contributed by atoms with van der Waals surface area (Å²) in [5.74, 6) is 0. The van der Waals surface area contributed by atoms with E-state index < -0.39 is 0 Å². The molecule has 1 saturated carbocycles. The average molecular weight is 94.1 g/mol. The van der Waals surface area contributed by atoms with Gasteiger partial charge in [-0.15, -0.1) is 0 Å². The van der Waals surface area contributed by atoms with E-state index in [4.69, 9.17) is 0 Å². The molecule has 1 aliphatic carbocycles. The normalized spacial score (nSPS) is 22.9. The van der Waals surface area contributed by atoms with Gasteiger partial charge in [0, 0.05) is 0 Å². The monoisotopic (exact) mass is 94.0 g/mol. The molecule has 0 N–H and O–H groups in total. The van der Waals surface area contributed by atoms with Crippen LogP contribution in [0.3, 0.4) is 0 Å². The van der Waals surface area contributed by atoms with Crippen LogP contribution in [0.1, 0.15) is 6.42 Å². The van der Waals surface area contributed by atoms with Crippen LogP contribution in [0.4, 0.5) is 0 Å². The first-order chi connectivity index (χ1) is 3.34. The molecule has 1 aliphatic rings. The first kappa shape index (κ1) is 4.31. The number of allylic oxidation sites excluding steroid dienone is 3. The SMILES string of the molecule is C=C1CC1=CC=O. The van der Waals surface area contributed by atoms with E-state index in [1.54, 1.807) is 6.08 Å². The minimum Gasteiger partial charge on any atom is -0.299 e. The molecule has 7 heavy (non-hydrogen) atoms. The van der Waals surface area contributed by atoms with Crippen molar-refractivity contribution in [3.63, 3.8) is 0 Å². The van der Waals surface area contributed by atoms with Crippen LogP contribution in [-0.4, -0.2) is 6.29 Å². The van der Waals surface area contributed by atoms with Gasteiger partial charge in [0.05, 0.1) is 0 Å². The van der Waals surface area contributed by atoms with Gasteiger partial charge >= 0.3 is 0 Å². The van der Waals surface area contributed by atoms with Gasteiger partial charge in [-0.1, -0.05) is 6.58 Å². The van der Waals surface area contributed by atoms with Crippen molar-refractivity contribution in [2.24, 2.45) is 0 Å². The van der Waals surface area contributed by atoms with E-state index in [9.17, 15) is 4.79 Å². The van der Waals surface area contributed by atoms with Crippen LogP contribution in [0.25, 0.3) is 0 Å². The van der Waals surface area contributed by atoms with Gasteiger partial charge in [-0.2, -0.15) is 0 Å². The van der Waals surface area contributed by atoms with Crippen LogP contribution in [-0.2, 0) is 4.79 Å². The Labute approximate surface area is 42.3 Å². The Morgan fingerprint density at radius 2 is 2.29 bits per heavy atom. The first-order valence-corrected chi connectivity index (χ1v) is 2.17. The summed E-state index contributed by atoms with van der Waals surface area (Å²) in [6.45, 7) is 3.64. The maximum absolute atomic E-state index is 9.68. The molecule has 1 rings (SSSR count). The molecule has 1 heteroatoms. The van der Waals surface area contributed by atoms with Crippen LogP contribution < -0.4 is 0 Å². The fraction of sp³-hybridized carbons (Fsp3) is 0.167. The summed E-state index contributed by atoms with van der Waals surface area (Å²) in [7, 11) is 0. The second-order valence-electron chi connectivity index (χ2n) is 1.61. The summed E-state index contributed by atoms with van der Waals surface area (Å²) >= 11 is 0.